The lowest BCUT2D eigenvalue weighted by Gasteiger charge is -2.31. The molecule has 2 saturated heterocycles. The summed E-state index contributed by atoms with van der Waals surface area (Å²) in [5, 5.41) is 5.17. The average Bonchev–Trinajstić information content (AvgIpc) is 3.49. The van der Waals surface area contributed by atoms with Crippen molar-refractivity contribution in [1.82, 2.24) is 15.1 Å². The van der Waals surface area contributed by atoms with Gasteiger partial charge in [0.25, 0.3) is 5.91 Å². The van der Waals surface area contributed by atoms with Crippen LogP contribution in [0.4, 0.5) is 19.7 Å². The minimum atomic E-state index is -1.47. The Morgan fingerprint density at radius 3 is 2.68 bits per heavy atom. The number of nitrogens with zero attached hydrogens (tertiary/aromatic N) is 2. The van der Waals surface area contributed by atoms with Crippen molar-refractivity contribution in [2.75, 3.05) is 18.9 Å². The molecular formula is C27H29FN4O5. The third-order valence-electron chi connectivity index (χ3n) is 7.68. The number of benzene rings is 2. The number of aryl methyl sites for hydroxylation is 2. The standard InChI is InChI=1S/C27H29FN4O5/c1-15-12-18(28)5-7-20(15)22-9-4-16(2)32(22)23(33)14-31-24(34)27(37-26(31)36)11-10-17-13-19(6-8-21(17)27)30-25(35)29-3/h5-8,12-13,16,22H,4,9-11,14H2,1-3H3,(H2,29,30,35)/t16-,22+,27+/m0/s1. The number of anilines is 1. The van der Waals surface area contributed by atoms with E-state index in [0.717, 1.165) is 28.0 Å². The summed E-state index contributed by atoms with van der Waals surface area (Å²) in [5.74, 6) is -1.25. The molecule has 9 nitrogen and oxygen atoms in total. The molecule has 2 aromatic rings. The fraction of sp³-hybridized carbons (Fsp3) is 0.407. The third-order valence-corrected chi connectivity index (χ3v) is 7.68. The summed E-state index contributed by atoms with van der Waals surface area (Å²) in [6.07, 6.45) is 1.37. The van der Waals surface area contributed by atoms with Crippen molar-refractivity contribution < 1.29 is 28.3 Å². The van der Waals surface area contributed by atoms with E-state index in [9.17, 15) is 23.6 Å². The number of imide groups is 1. The van der Waals surface area contributed by atoms with Crippen LogP contribution in [0.5, 0.6) is 0 Å². The Bertz CT molecular complexity index is 1310. The second-order valence-corrected chi connectivity index (χ2v) is 9.91. The van der Waals surface area contributed by atoms with Crippen molar-refractivity contribution in [1.29, 1.82) is 0 Å². The summed E-state index contributed by atoms with van der Waals surface area (Å²) in [6.45, 7) is 3.31. The van der Waals surface area contributed by atoms with Crippen LogP contribution in [0, 0.1) is 12.7 Å². The van der Waals surface area contributed by atoms with Crippen LogP contribution in [-0.2, 0) is 26.3 Å². The first kappa shape index (κ1) is 24.7. The van der Waals surface area contributed by atoms with Gasteiger partial charge in [-0.2, -0.15) is 0 Å². The quantitative estimate of drug-likeness (QED) is 0.654. The highest BCUT2D eigenvalue weighted by Crippen LogP contribution is 2.46. The van der Waals surface area contributed by atoms with E-state index in [2.05, 4.69) is 10.6 Å². The number of carbonyl (C=O) groups excluding carboxylic acids is 4. The number of carbonyl (C=O) groups is 4. The largest absolute Gasteiger partial charge is 0.427 e. The van der Waals surface area contributed by atoms with E-state index in [1.807, 2.05) is 13.8 Å². The van der Waals surface area contributed by atoms with E-state index >= 15 is 0 Å². The van der Waals surface area contributed by atoms with Crippen LogP contribution in [0.25, 0.3) is 0 Å². The van der Waals surface area contributed by atoms with Crippen LogP contribution in [-0.4, -0.2) is 53.4 Å². The molecule has 2 N–H and O–H groups in total. The van der Waals surface area contributed by atoms with E-state index in [1.54, 1.807) is 29.2 Å². The highest BCUT2D eigenvalue weighted by atomic mass is 19.1. The minimum absolute atomic E-state index is 0.0944. The van der Waals surface area contributed by atoms with Crippen molar-refractivity contribution in [2.45, 2.75) is 57.2 Å². The number of hydrogen-bond donors (Lipinski definition) is 2. The van der Waals surface area contributed by atoms with Gasteiger partial charge in [0.2, 0.25) is 11.5 Å². The van der Waals surface area contributed by atoms with Crippen molar-refractivity contribution in [3.05, 3.63) is 64.5 Å². The second-order valence-electron chi connectivity index (χ2n) is 9.91. The molecule has 2 heterocycles. The molecule has 0 aromatic heterocycles. The molecule has 5 amide bonds. The van der Waals surface area contributed by atoms with E-state index in [0.29, 0.717) is 24.1 Å². The maximum Gasteiger partial charge on any atom is 0.418 e. The number of urea groups is 1. The molecule has 5 rings (SSSR count). The summed E-state index contributed by atoms with van der Waals surface area (Å²) >= 11 is 0. The number of fused-ring (bicyclic) bond motifs is 2. The fourth-order valence-corrected chi connectivity index (χ4v) is 5.86. The molecule has 0 unspecified atom stereocenters. The number of rotatable bonds is 4. The Hall–Kier alpha value is -3.95. The van der Waals surface area contributed by atoms with Gasteiger partial charge in [-0.15, -0.1) is 0 Å². The van der Waals surface area contributed by atoms with Crippen LogP contribution in [0.2, 0.25) is 0 Å². The van der Waals surface area contributed by atoms with Gasteiger partial charge in [0.1, 0.15) is 12.4 Å². The molecule has 2 fully saturated rings. The number of likely N-dealkylation sites (tertiary alicyclic amines) is 1. The van der Waals surface area contributed by atoms with E-state index in [4.69, 9.17) is 4.74 Å². The van der Waals surface area contributed by atoms with Gasteiger partial charge in [-0.3, -0.25) is 9.59 Å². The van der Waals surface area contributed by atoms with E-state index < -0.39 is 24.1 Å². The van der Waals surface area contributed by atoms with Gasteiger partial charge in [-0.25, -0.2) is 18.9 Å². The van der Waals surface area contributed by atoms with Crippen LogP contribution in [0.1, 0.15) is 54.5 Å². The molecule has 2 aliphatic heterocycles. The lowest BCUT2D eigenvalue weighted by molar-refractivity contribution is -0.143. The molecule has 3 atom stereocenters. The molecule has 194 valence electrons. The van der Waals surface area contributed by atoms with Crippen LogP contribution in [0.3, 0.4) is 0 Å². The predicted molar refractivity (Wildman–Crippen MR) is 132 cm³/mol. The molecule has 0 bridgehead atoms. The van der Waals surface area contributed by atoms with Gasteiger partial charge in [0.05, 0.1) is 6.04 Å². The Morgan fingerprint density at radius 2 is 1.95 bits per heavy atom. The second kappa shape index (κ2) is 9.17. The Kier molecular flexibility index (Phi) is 6.13. The zero-order chi connectivity index (χ0) is 26.5. The van der Waals surface area contributed by atoms with Crippen molar-refractivity contribution in [3.63, 3.8) is 0 Å². The highest BCUT2D eigenvalue weighted by Gasteiger charge is 2.58. The Balaban J connectivity index is 1.36. The maximum absolute atomic E-state index is 13.7. The summed E-state index contributed by atoms with van der Waals surface area (Å²) in [6, 6.07) is 8.89. The third kappa shape index (κ3) is 4.10. The number of hydrogen-bond acceptors (Lipinski definition) is 5. The molecule has 10 heteroatoms. The minimum Gasteiger partial charge on any atom is -0.427 e. The summed E-state index contributed by atoms with van der Waals surface area (Å²) in [7, 11) is 1.51. The SMILES string of the molecule is CNC(=O)Nc1ccc2c(c1)CC[C@@]21OC(=O)N(CC(=O)N2[C@@H](c3ccc(F)cc3C)CC[C@@H]2C)C1=O. The molecule has 0 saturated carbocycles. The molecule has 37 heavy (non-hydrogen) atoms. The van der Waals surface area contributed by atoms with Crippen LogP contribution < -0.4 is 10.6 Å². The first-order chi connectivity index (χ1) is 17.6. The molecular weight excluding hydrogens is 479 g/mol. The fourth-order valence-electron chi connectivity index (χ4n) is 5.86. The normalized spacial score (nSPS) is 24.4. The lowest BCUT2D eigenvalue weighted by Crippen LogP contribution is -2.46. The molecule has 1 spiro atoms. The summed E-state index contributed by atoms with van der Waals surface area (Å²) in [4.78, 5) is 54.2. The van der Waals surface area contributed by atoms with Gasteiger partial charge in [-0.1, -0.05) is 12.1 Å². The maximum atomic E-state index is 13.7. The summed E-state index contributed by atoms with van der Waals surface area (Å²) in [5.41, 5.74) is 2.06. The predicted octanol–water partition coefficient (Wildman–Crippen LogP) is 3.76. The van der Waals surface area contributed by atoms with Gasteiger partial charge in [0.15, 0.2) is 0 Å². The van der Waals surface area contributed by atoms with Crippen molar-refractivity contribution in [3.8, 4) is 0 Å². The number of amides is 5. The van der Waals surface area contributed by atoms with Gasteiger partial charge >= 0.3 is 12.1 Å². The highest BCUT2D eigenvalue weighted by molar-refractivity contribution is 6.06. The Morgan fingerprint density at radius 1 is 1.16 bits per heavy atom. The average molecular weight is 509 g/mol. The molecule has 3 aliphatic rings. The van der Waals surface area contributed by atoms with Gasteiger partial charge in [0, 0.05) is 30.8 Å². The number of halogens is 1. The topological polar surface area (TPSA) is 108 Å². The molecule has 2 aromatic carbocycles. The zero-order valence-corrected chi connectivity index (χ0v) is 21.0. The van der Waals surface area contributed by atoms with Crippen molar-refractivity contribution >= 4 is 29.6 Å². The number of ether oxygens (including phenoxy) is 1. The molecule has 0 radical (unpaired) electrons. The monoisotopic (exact) mass is 508 g/mol. The van der Waals surface area contributed by atoms with Crippen LogP contribution in [0.15, 0.2) is 36.4 Å². The van der Waals surface area contributed by atoms with Crippen molar-refractivity contribution in [2.24, 2.45) is 0 Å². The van der Waals surface area contributed by atoms with Gasteiger partial charge < -0.3 is 20.3 Å². The first-order valence-electron chi connectivity index (χ1n) is 12.4. The van der Waals surface area contributed by atoms with Gasteiger partial charge in [-0.05, 0) is 74.1 Å². The van der Waals surface area contributed by atoms with E-state index in [-0.39, 0.29) is 36.3 Å². The first-order valence-corrected chi connectivity index (χ1v) is 12.4. The number of nitrogens with one attached hydrogen (secondary N) is 2. The van der Waals surface area contributed by atoms with E-state index in [1.165, 1.54) is 19.2 Å². The summed E-state index contributed by atoms with van der Waals surface area (Å²) < 4.78 is 19.3. The Labute approximate surface area is 213 Å². The lowest BCUT2D eigenvalue weighted by atomic mass is 9.94. The molecule has 1 aliphatic carbocycles. The van der Waals surface area contributed by atoms with Crippen LogP contribution >= 0.6 is 0 Å². The zero-order valence-electron chi connectivity index (χ0n) is 21.0. The smallest absolute Gasteiger partial charge is 0.418 e.